The highest BCUT2D eigenvalue weighted by Gasteiger charge is 2.15. The molecule has 8 heteroatoms. The van der Waals surface area contributed by atoms with Crippen LogP contribution in [0, 0.1) is 0 Å². The number of rotatable bonds is 6. The van der Waals surface area contributed by atoms with Crippen molar-refractivity contribution in [1.82, 2.24) is 10.6 Å². The molecule has 24 heavy (non-hydrogen) atoms. The molecule has 3 N–H and O–H groups in total. The molecule has 0 aliphatic rings. The minimum Gasteiger partial charge on any atom is -0.497 e. The van der Waals surface area contributed by atoms with E-state index in [0.717, 1.165) is 5.69 Å². The summed E-state index contributed by atoms with van der Waals surface area (Å²) in [7, 11) is 3.16. The molecule has 0 saturated heterocycles. The number of amides is 1. The van der Waals surface area contributed by atoms with Gasteiger partial charge in [-0.2, -0.15) is 0 Å². The zero-order valence-corrected chi connectivity index (χ0v) is 15.5. The van der Waals surface area contributed by atoms with Gasteiger partial charge >= 0.3 is 6.09 Å². The molecule has 0 fully saturated rings. The largest absolute Gasteiger partial charge is 0.497 e. The topological polar surface area (TPSA) is 80.9 Å². The summed E-state index contributed by atoms with van der Waals surface area (Å²) in [6, 6.07) is 5.37. The number of nitrogens with one attached hydrogen (secondary N) is 3. The minimum atomic E-state index is -0.515. The predicted octanol–water partition coefficient (Wildman–Crippen LogP) is 2.51. The molecule has 1 aromatic carbocycles. The minimum absolute atomic E-state index is 0.385. The van der Waals surface area contributed by atoms with E-state index in [9.17, 15) is 4.79 Å². The molecule has 0 atom stereocenters. The van der Waals surface area contributed by atoms with Crippen LogP contribution in [0.2, 0.25) is 0 Å². The molecule has 0 aromatic heterocycles. The maximum Gasteiger partial charge on any atom is 0.407 e. The van der Waals surface area contributed by atoms with Gasteiger partial charge in [0.15, 0.2) is 5.11 Å². The summed E-state index contributed by atoms with van der Waals surface area (Å²) >= 11 is 5.22. The Labute approximate surface area is 148 Å². The fraction of sp³-hybridized carbons (Fsp3) is 0.500. The van der Waals surface area contributed by atoms with Crippen LogP contribution in [0.1, 0.15) is 20.8 Å². The molecule has 0 aliphatic heterocycles. The summed E-state index contributed by atoms with van der Waals surface area (Å²) in [5, 5.41) is 9.09. The zero-order valence-electron chi connectivity index (χ0n) is 14.7. The Kier molecular flexibility index (Phi) is 7.57. The number of carbonyl (C=O) groups is 1. The van der Waals surface area contributed by atoms with Crippen molar-refractivity contribution in [3.05, 3.63) is 18.2 Å². The lowest BCUT2D eigenvalue weighted by Gasteiger charge is -2.20. The van der Waals surface area contributed by atoms with Crippen molar-refractivity contribution in [3.8, 4) is 11.5 Å². The van der Waals surface area contributed by atoms with Gasteiger partial charge in [0.25, 0.3) is 0 Å². The maximum atomic E-state index is 11.5. The van der Waals surface area contributed by atoms with Gasteiger partial charge in [-0.3, -0.25) is 0 Å². The fourth-order valence-electron chi connectivity index (χ4n) is 1.72. The molecular weight excluding hydrogens is 330 g/mol. The van der Waals surface area contributed by atoms with E-state index >= 15 is 0 Å². The van der Waals surface area contributed by atoms with Crippen molar-refractivity contribution in [1.29, 1.82) is 0 Å². The van der Waals surface area contributed by atoms with Crippen LogP contribution >= 0.6 is 12.2 Å². The Balaban J connectivity index is 2.38. The van der Waals surface area contributed by atoms with Crippen LogP contribution in [0.25, 0.3) is 0 Å². The van der Waals surface area contributed by atoms with Crippen LogP contribution in [-0.2, 0) is 4.74 Å². The summed E-state index contributed by atoms with van der Waals surface area (Å²) in [6.07, 6.45) is -0.458. The summed E-state index contributed by atoms with van der Waals surface area (Å²) in [5.74, 6) is 1.31. The standard InChI is InChI=1S/C16H25N3O4S/c1-16(2,3)23-15(20)18-9-8-17-14(24)19-12-7-6-11(21-4)10-13(12)22-5/h6-7,10H,8-9H2,1-5H3,(H,18,20)(H2,17,19,24). The third kappa shape index (κ3) is 7.36. The second-order valence-corrected chi connectivity index (χ2v) is 6.28. The quantitative estimate of drug-likeness (QED) is 0.534. The van der Waals surface area contributed by atoms with Gasteiger partial charge in [0.2, 0.25) is 0 Å². The molecule has 134 valence electrons. The maximum absolute atomic E-state index is 11.5. The third-order valence-electron chi connectivity index (χ3n) is 2.74. The Morgan fingerprint density at radius 3 is 2.38 bits per heavy atom. The molecule has 0 bridgehead atoms. The van der Waals surface area contributed by atoms with Crippen molar-refractivity contribution in [2.75, 3.05) is 32.6 Å². The number of anilines is 1. The molecule has 7 nitrogen and oxygen atoms in total. The van der Waals surface area contributed by atoms with Crippen molar-refractivity contribution in [3.63, 3.8) is 0 Å². The summed E-state index contributed by atoms with van der Waals surface area (Å²) in [6.45, 7) is 6.28. The van der Waals surface area contributed by atoms with Crippen LogP contribution in [-0.4, -0.2) is 44.1 Å². The highest BCUT2D eigenvalue weighted by atomic mass is 32.1. The number of benzene rings is 1. The first-order chi connectivity index (χ1) is 11.2. The summed E-state index contributed by atoms with van der Waals surface area (Å²) < 4.78 is 15.6. The van der Waals surface area contributed by atoms with Crippen molar-refractivity contribution >= 4 is 29.1 Å². The third-order valence-corrected chi connectivity index (χ3v) is 2.98. The number of alkyl carbamates (subject to hydrolysis) is 1. The van der Waals surface area contributed by atoms with E-state index in [4.69, 9.17) is 26.4 Å². The Bertz CT molecular complexity index is 573. The molecule has 1 rings (SSSR count). The first kappa shape index (κ1) is 19.8. The van der Waals surface area contributed by atoms with Crippen molar-refractivity contribution < 1.29 is 19.0 Å². The fourth-order valence-corrected chi connectivity index (χ4v) is 1.94. The normalized spacial score (nSPS) is 10.5. The second-order valence-electron chi connectivity index (χ2n) is 5.88. The number of thiocarbonyl (C=S) groups is 1. The zero-order chi connectivity index (χ0) is 18.2. The van der Waals surface area contributed by atoms with E-state index in [1.54, 1.807) is 26.4 Å². The monoisotopic (exact) mass is 355 g/mol. The summed E-state index contributed by atoms with van der Waals surface area (Å²) in [5.41, 5.74) is 0.204. The number of carbonyl (C=O) groups excluding carboxylic acids is 1. The van der Waals surface area contributed by atoms with Gasteiger partial charge in [-0.15, -0.1) is 0 Å². The summed E-state index contributed by atoms with van der Waals surface area (Å²) in [4.78, 5) is 11.5. The lowest BCUT2D eigenvalue weighted by molar-refractivity contribution is 0.0529. The van der Waals surface area contributed by atoms with Gasteiger partial charge < -0.3 is 30.2 Å². The van der Waals surface area contributed by atoms with Gasteiger partial charge in [-0.05, 0) is 45.1 Å². The Hall–Kier alpha value is -2.22. The van der Waals surface area contributed by atoms with E-state index in [-0.39, 0.29) is 0 Å². The highest BCUT2D eigenvalue weighted by Crippen LogP contribution is 2.28. The van der Waals surface area contributed by atoms with E-state index in [2.05, 4.69) is 16.0 Å². The Morgan fingerprint density at radius 1 is 1.12 bits per heavy atom. The molecule has 0 unspecified atom stereocenters. The Morgan fingerprint density at radius 2 is 1.79 bits per heavy atom. The average molecular weight is 355 g/mol. The number of hydrogen-bond donors (Lipinski definition) is 3. The first-order valence-corrected chi connectivity index (χ1v) is 7.89. The number of methoxy groups -OCH3 is 2. The molecule has 0 aliphatic carbocycles. The second kappa shape index (κ2) is 9.17. The van der Waals surface area contributed by atoms with Gasteiger partial charge in [0.05, 0.1) is 19.9 Å². The van der Waals surface area contributed by atoms with Gasteiger partial charge in [0.1, 0.15) is 17.1 Å². The van der Waals surface area contributed by atoms with Gasteiger partial charge in [-0.1, -0.05) is 0 Å². The van der Waals surface area contributed by atoms with E-state index in [1.807, 2.05) is 26.8 Å². The number of hydrogen-bond acceptors (Lipinski definition) is 5. The predicted molar refractivity (Wildman–Crippen MR) is 98.0 cm³/mol. The van der Waals surface area contributed by atoms with Crippen LogP contribution in [0.5, 0.6) is 11.5 Å². The number of ether oxygens (including phenoxy) is 3. The van der Waals surface area contributed by atoms with E-state index < -0.39 is 11.7 Å². The van der Waals surface area contributed by atoms with Gasteiger partial charge in [0, 0.05) is 19.2 Å². The molecule has 0 heterocycles. The molecule has 1 aromatic rings. The van der Waals surface area contributed by atoms with Crippen LogP contribution in [0.15, 0.2) is 18.2 Å². The van der Waals surface area contributed by atoms with Crippen molar-refractivity contribution in [2.24, 2.45) is 0 Å². The first-order valence-electron chi connectivity index (χ1n) is 7.49. The molecule has 0 radical (unpaired) electrons. The average Bonchev–Trinajstić information content (AvgIpc) is 2.50. The van der Waals surface area contributed by atoms with E-state index in [1.165, 1.54) is 0 Å². The SMILES string of the molecule is COc1ccc(NC(=S)NCCNC(=O)OC(C)(C)C)c(OC)c1. The van der Waals surface area contributed by atoms with E-state index in [0.29, 0.717) is 29.7 Å². The van der Waals surface area contributed by atoms with Crippen molar-refractivity contribution in [2.45, 2.75) is 26.4 Å². The molecule has 1 amide bonds. The lowest BCUT2D eigenvalue weighted by Crippen LogP contribution is -2.39. The molecule has 0 saturated carbocycles. The smallest absolute Gasteiger partial charge is 0.407 e. The molecular formula is C16H25N3O4S. The van der Waals surface area contributed by atoms with Crippen LogP contribution in [0.3, 0.4) is 0 Å². The highest BCUT2D eigenvalue weighted by molar-refractivity contribution is 7.80. The van der Waals surface area contributed by atoms with Crippen LogP contribution < -0.4 is 25.4 Å². The van der Waals surface area contributed by atoms with Crippen LogP contribution in [0.4, 0.5) is 10.5 Å². The lowest BCUT2D eigenvalue weighted by atomic mass is 10.2. The van der Waals surface area contributed by atoms with Gasteiger partial charge in [-0.25, -0.2) is 4.79 Å². The molecule has 0 spiro atoms.